The van der Waals surface area contributed by atoms with Crippen LogP contribution in [0.5, 0.6) is 11.5 Å². The van der Waals surface area contributed by atoms with Crippen LogP contribution in [0.1, 0.15) is 11.1 Å². The third-order valence-corrected chi connectivity index (χ3v) is 5.36. The van der Waals surface area contributed by atoms with E-state index in [0.29, 0.717) is 22.1 Å². The Morgan fingerprint density at radius 2 is 2.00 bits per heavy atom. The predicted molar refractivity (Wildman–Crippen MR) is 130 cm³/mol. The minimum Gasteiger partial charge on any atom is -0.493 e. The van der Waals surface area contributed by atoms with Gasteiger partial charge in [-0.15, -0.1) is 0 Å². The molecule has 8 heteroatoms. The molecule has 0 fully saturated rings. The molecule has 1 amide bonds. The van der Waals surface area contributed by atoms with Crippen LogP contribution in [0.25, 0.3) is 6.08 Å². The van der Waals surface area contributed by atoms with Crippen molar-refractivity contribution in [2.45, 2.75) is 6.61 Å². The number of anilines is 1. The molecule has 0 saturated carbocycles. The maximum atomic E-state index is 13.8. The van der Waals surface area contributed by atoms with Gasteiger partial charge in [0.1, 0.15) is 24.1 Å². The van der Waals surface area contributed by atoms with E-state index in [4.69, 9.17) is 21.1 Å². The van der Waals surface area contributed by atoms with Gasteiger partial charge in [0.05, 0.1) is 16.4 Å². The lowest BCUT2D eigenvalue weighted by Gasteiger charge is -2.14. The number of amides is 1. The summed E-state index contributed by atoms with van der Waals surface area (Å²) in [7, 11) is 1.50. The van der Waals surface area contributed by atoms with Crippen LogP contribution < -0.4 is 14.8 Å². The van der Waals surface area contributed by atoms with Gasteiger partial charge in [-0.1, -0.05) is 35.9 Å². The molecule has 0 aromatic heterocycles. The first-order valence-corrected chi connectivity index (χ1v) is 10.8. The Hall–Kier alpha value is -3.09. The van der Waals surface area contributed by atoms with Gasteiger partial charge in [-0.05, 0) is 76.2 Å². The highest BCUT2D eigenvalue weighted by atomic mass is 127. The van der Waals surface area contributed by atoms with Crippen molar-refractivity contribution in [2.75, 3.05) is 12.4 Å². The fourth-order valence-electron chi connectivity index (χ4n) is 2.81. The van der Waals surface area contributed by atoms with Crippen molar-refractivity contribution in [3.8, 4) is 17.6 Å². The summed E-state index contributed by atoms with van der Waals surface area (Å²) < 4.78 is 25.9. The van der Waals surface area contributed by atoms with E-state index in [0.717, 1.165) is 9.13 Å². The Kier molecular flexibility index (Phi) is 8.09. The Balaban J connectivity index is 1.83. The number of hydrogen-bond donors (Lipinski definition) is 1. The van der Waals surface area contributed by atoms with Gasteiger partial charge in [0.15, 0.2) is 11.5 Å². The lowest BCUT2D eigenvalue weighted by atomic mass is 10.1. The monoisotopic (exact) mass is 562 g/mol. The Morgan fingerprint density at radius 1 is 1.22 bits per heavy atom. The summed E-state index contributed by atoms with van der Waals surface area (Å²) in [6.07, 6.45) is 1.40. The number of para-hydroxylation sites is 1. The summed E-state index contributed by atoms with van der Waals surface area (Å²) in [6.45, 7) is 0.288. The third-order valence-electron chi connectivity index (χ3n) is 4.32. The van der Waals surface area contributed by atoms with E-state index in [1.54, 1.807) is 24.3 Å². The summed E-state index contributed by atoms with van der Waals surface area (Å²) in [5.74, 6) is -0.333. The normalized spacial score (nSPS) is 10.9. The number of methoxy groups -OCH3 is 1. The first-order chi connectivity index (χ1) is 15.4. The molecule has 32 heavy (non-hydrogen) atoms. The molecule has 3 aromatic carbocycles. The van der Waals surface area contributed by atoms with E-state index in [9.17, 15) is 14.4 Å². The molecule has 0 heterocycles. The summed E-state index contributed by atoms with van der Waals surface area (Å²) in [5.41, 5.74) is 1.27. The number of ether oxygens (including phenoxy) is 2. The number of carbonyl (C=O) groups excluding carboxylic acids is 1. The zero-order chi connectivity index (χ0) is 23.1. The molecule has 0 spiro atoms. The van der Waals surface area contributed by atoms with Gasteiger partial charge in [-0.2, -0.15) is 5.26 Å². The van der Waals surface area contributed by atoms with E-state index in [-0.39, 0.29) is 17.9 Å². The predicted octanol–water partition coefficient (Wildman–Crippen LogP) is 6.22. The van der Waals surface area contributed by atoms with Crippen LogP contribution in [-0.2, 0) is 11.4 Å². The number of nitrogens with one attached hydrogen (secondary N) is 1. The molecule has 0 aliphatic heterocycles. The van der Waals surface area contributed by atoms with Gasteiger partial charge in [0, 0.05) is 5.02 Å². The second-order valence-corrected chi connectivity index (χ2v) is 8.16. The number of nitrogens with zero attached hydrogens (tertiary/aromatic N) is 1. The standard InChI is InChI=1S/C24H17ClFIN2O3/c1-31-22-12-16(9-17(13-28)24(30)29-21-8-3-2-7-19(21)26)11-20(27)23(22)32-14-15-5-4-6-18(25)10-15/h2-12H,14H2,1H3,(H,29,30)/b17-9+. The third kappa shape index (κ3) is 5.99. The Labute approximate surface area is 203 Å². The lowest BCUT2D eigenvalue weighted by Crippen LogP contribution is -2.14. The molecule has 5 nitrogen and oxygen atoms in total. The molecular formula is C24H17ClFIN2O3. The van der Waals surface area contributed by atoms with Crippen molar-refractivity contribution in [1.82, 2.24) is 0 Å². The molecule has 162 valence electrons. The minimum atomic E-state index is -0.715. The highest BCUT2D eigenvalue weighted by molar-refractivity contribution is 14.1. The van der Waals surface area contributed by atoms with E-state index >= 15 is 0 Å². The average molecular weight is 563 g/mol. The Morgan fingerprint density at radius 3 is 2.69 bits per heavy atom. The maximum Gasteiger partial charge on any atom is 0.266 e. The minimum absolute atomic E-state index is 0.00410. The molecule has 0 aliphatic rings. The van der Waals surface area contributed by atoms with Gasteiger partial charge in [0.2, 0.25) is 0 Å². The van der Waals surface area contributed by atoms with Gasteiger partial charge in [0.25, 0.3) is 5.91 Å². The lowest BCUT2D eigenvalue weighted by molar-refractivity contribution is -0.112. The summed E-state index contributed by atoms with van der Waals surface area (Å²) >= 11 is 8.11. The van der Waals surface area contributed by atoms with Gasteiger partial charge >= 0.3 is 0 Å². The van der Waals surface area contributed by atoms with E-state index in [2.05, 4.69) is 27.9 Å². The number of rotatable bonds is 7. The second kappa shape index (κ2) is 11.0. The molecule has 0 radical (unpaired) electrons. The first-order valence-electron chi connectivity index (χ1n) is 9.33. The first kappa shape index (κ1) is 23.6. The highest BCUT2D eigenvalue weighted by Crippen LogP contribution is 2.35. The Bertz CT molecular complexity index is 1220. The SMILES string of the molecule is COc1cc(/C=C(\C#N)C(=O)Nc2ccccc2F)cc(I)c1OCc1cccc(Cl)c1. The van der Waals surface area contributed by atoms with Crippen LogP contribution in [0, 0.1) is 20.7 Å². The van der Waals surface area contributed by atoms with E-state index in [1.165, 1.54) is 31.4 Å². The summed E-state index contributed by atoms with van der Waals surface area (Å²) in [6, 6.07) is 18.3. The van der Waals surface area contributed by atoms with Crippen molar-refractivity contribution in [3.63, 3.8) is 0 Å². The molecule has 3 rings (SSSR count). The van der Waals surface area contributed by atoms with E-state index < -0.39 is 11.7 Å². The molecular weight excluding hydrogens is 546 g/mol. The summed E-state index contributed by atoms with van der Waals surface area (Å²) in [4.78, 5) is 12.5. The van der Waals surface area contributed by atoms with Crippen molar-refractivity contribution >= 4 is 51.9 Å². The largest absolute Gasteiger partial charge is 0.493 e. The zero-order valence-corrected chi connectivity index (χ0v) is 19.8. The van der Waals surface area contributed by atoms with Crippen LogP contribution in [-0.4, -0.2) is 13.0 Å². The number of hydrogen-bond acceptors (Lipinski definition) is 4. The highest BCUT2D eigenvalue weighted by Gasteiger charge is 2.15. The van der Waals surface area contributed by atoms with Crippen molar-refractivity contribution in [3.05, 3.63) is 91.8 Å². The maximum absolute atomic E-state index is 13.8. The van der Waals surface area contributed by atoms with Gasteiger partial charge < -0.3 is 14.8 Å². The number of carbonyl (C=O) groups is 1. The molecule has 0 unspecified atom stereocenters. The van der Waals surface area contributed by atoms with Crippen LogP contribution in [0.15, 0.2) is 66.2 Å². The number of nitriles is 1. The zero-order valence-electron chi connectivity index (χ0n) is 16.9. The molecule has 0 bridgehead atoms. The molecule has 0 saturated heterocycles. The fraction of sp³-hybridized carbons (Fsp3) is 0.0833. The van der Waals surface area contributed by atoms with Crippen LogP contribution >= 0.6 is 34.2 Å². The second-order valence-electron chi connectivity index (χ2n) is 6.56. The molecule has 0 atom stereocenters. The molecule has 1 N–H and O–H groups in total. The smallest absolute Gasteiger partial charge is 0.266 e. The quantitative estimate of drug-likeness (QED) is 0.211. The number of benzene rings is 3. The van der Waals surface area contributed by atoms with E-state index in [1.807, 2.05) is 24.3 Å². The van der Waals surface area contributed by atoms with Crippen LogP contribution in [0.2, 0.25) is 5.02 Å². The summed E-state index contributed by atoms with van der Waals surface area (Å²) in [5, 5.41) is 12.5. The topological polar surface area (TPSA) is 71.3 Å². The average Bonchev–Trinajstić information content (AvgIpc) is 2.77. The van der Waals surface area contributed by atoms with Gasteiger partial charge in [-0.3, -0.25) is 4.79 Å². The van der Waals surface area contributed by atoms with Crippen LogP contribution in [0.4, 0.5) is 10.1 Å². The van der Waals surface area contributed by atoms with Crippen molar-refractivity contribution < 1.29 is 18.7 Å². The van der Waals surface area contributed by atoms with Gasteiger partial charge in [-0.25, -0.2) is 4.39 Å². The van der Waals surface area contributed by atoms with Crippen molar-refractivity contribution in [2.24, 2.45) is 0 Å². The molecule has 3 aromatic rings. The fourth-order valence-corrected chi connectivity index (χ4v) is 3.81. The van der Waals surface area contributed by atoms with Crippen LogP contribution in [0.3, 0.4) is 0 Å². The number of halogens is 3. The molecule has 0 aliphatic carbocycles. The van der Waals surface area contributed by atoms with Crippen molar-refractivity contribution in [1.29, 1.82) is 5.26 Å².